The number of nitrogens with one attached hydrogen (secondary N) is 1. The highest BCUT2D eigenvalue weighted by Gasteiger charge is 2.13. The van der Waals surface area contributed by atoms with Crippen molar-refractivity contribution in [3.63, 3.8) is 0 Å². The molecule has 0 amide bonds. The first-order valence-electron chi connectivity index (χ1n) is 7.16. The van der Waals surface area contributed by atoms with E-state index in [-0.39, 0.29) is 6.79 Å². The molecule has 3 aromatic rings. The van der Waals surface area contributed by atoms with E-state index in [1.54, 1.807) is 10.8 Å². The fraction of sp³-hybridized carbons (Fsp3) is 0.267. The highest BCUT2D eigenvalue weighted by Crippen LogP contribution is 2.32. The Morgan fingerprint density at radius 2 is 2.14 bits per heavy atom. The van der Waals surface area contributed by atoms with Crippen LogP contribution in [0.4, 0.5) is 5.69 Å². The Kier molecular flexibility index (Phi) is 3.03. The van der Waals surface area contributed by atoms with Crippen molar-refractivity contribution in [1.82, 2.24) is 19.8 Å². The second-order valence-corrected chi connectivity index (χ2v) is 5.04. The smallest absolute Gasteiger partial charge is 0.231 e. The highest BCUT2D eigenvalue weighted by atomic mass is 16.7. The first-order valence-corrected chi connectivity index (χ1v) is 7.16. The van der Waals surface area contributed by atoms with Gasteiger partial charge in [-0.1, -0.05) is 13.0 Å². The number of benzene rings is 1. The first-order chi connectivity index (χ1) is 10.8. The number of fused-ring (bicyclic) bond motifs is 2. The molecule has 0 radical (unpaired) electrons. The Morgan fingerprint density at radius 1 is 1.23 bits per heavy atom. The van der Waals surface area contributed by atoms with Crippen molar-refractivity contribution >= 4 is 11.3 Å². The van der Waals surface area contributed by atoms with Gasteiger partial charge < -0.3 is 14.8 Å². The summed E-state index contributed by atoms with van der Waals surface area (Å²) >= 11 is 0. The molecule has 0 spiro atoms. The summed E-state index contributed by atoms with van der Waals surface area (Å²) in [6.45, 7) is 3.02. The molecule has 112 valence electrons. The van der Waals surface area contributed by atoms with Crippen LogP contribution in [0.1, 0.15) is 18.2 Å². The van der Waals surface area contributed by atoms with Gasteiger partial charge in [-0.25, -0.2) is 0 Å². The van der Waals surface area contributed by atoms with Crippen LogP contribution in [-0.4, -0.2) is 26.6 Å². The maximum absolute atomic E-state index is 5.40. The molecule has 1 N–H and O–H groups in total. The predicted molar refractivity (Wildman–Crippen MR) is 80.1 cm³/mol. The molecule has 0 bridgehead atoms. The summed E-state index contributed by atoms with van der Waals surface area (Å²) in [7, 11) is 0. The van der Waals surface area contributed by atoms with Crippen LogP contribution in [0.15, 0.2) is 30.6 Å². The van der Waals surface area contributed by atoms with E-state index < -0.39 is 0 Å². The molecular formula is C15H15N5O2. The second kappa shape index (κ2) is 5.18. The van der Waals surface area contributed by atoms with Crippen molar-refractivity contribution in [3.05, 3.63) is 41.9 Å². The number of rotatable bonds is 4. The van der Waals surface area contributed by atoms with Crippen LogP contribution in [0.25, 0.3) is 5.65 Å². The van der Waals surface area contributed by atoms with Crippen molar-refractivity contribution < 1.29 is 9.47 Å². The highest BCUT2D eigenvalue weighted by molar-refractivity contribution is 5.66. The first kappa shape index (κ1) is 12.9. The lowest BCUT2D eigenvalue weighted by Crippen LogP contribution is -2.05. The van der Waals surface area contributed by atoms with Gasteiger partial charge in [-0.15, -0.1) is 10.2 Å². The van der Waals surface area contributed by atoms with E-state index in [4.69, 9.17) is 9.47 Å². The Labute approximate surface area is 126 Å². The van der Waals surface area contributed by atoms with E-state index in [1.165, 1.54) is 0 Å². The molecule has 2 aromatic heterocycles. The number of aryl methyl sites for hydroxylation is 1. The number of nitrogens with zero attached hydrogens (tertiary/aromatic N) is 4. The van der Waals surface area contributed by atoms with E-state index in [2.05, 4.69) is 27.5 Å². The summed E-state index contributed by atoms with van der Waals surface area (Å²) in [6.07, 6.45) is 2.47. The maximum atomic E-state index is 5.40. The van der Waals surface area contributed by atoms with E-state index >= 15 is 0 Å². The molecule has 4 rings (SSSR count). The lowest BCUT2D eigenvalue weighted by atomic mass is 10.2. The molecule has 0 unspecified atom stereocenters. The quantitative estimate of drug-likeness (QED) is 0.794. The SMILES string of the molecule is CCc1cc(NCc2ccc3c(c2)OCO3)c2nncn2n1. The Bertz CT molecular complexity index is 830. The number of ether oxygens (including phenoxy) is 2. The zero-order chi connectivity index (χ0) is 14.9. The van der Waals surface area contributed by atoms with Gasteiger partial charge >= 0.3 is 0 Å². The van der Waals surface area contributed by atoms with Gasteiger partial charge in [-0.2, -0.15) is 9.61 Å². The number of hydrogen-bond acceptors (Lipinski definition) is 6. The van der Waals surface area contributed by atoms with Crippen LogP contribution in [0, 0.1) is 0 Å². The minimum Gasteiger partial charge on any atom is -0.454 e. The van der Waals surface area contributed by atoms with Crippen LogP contribution < -0.4 is 14.8 Å². The van der Waals surface area contributed by atoms with Gasteiger partial charge in [-0.05, 0) is 30.2 Å². The Hall–Kier alpha value is -2.83. The summed E-state index contributed by atoms with van der Waals surface area (Å²) < 4.78 is 12.4. The average Bonchev–Trinajstić information content (AvgIpc) is 3.20. The summed E-state index contributed by atoms with van der Waals surface area (Å²) in [5, 5.41) is 15.8. The molecule has 3 heterocycles. The van der Waals surface area contributed by atoms with Crippen molar-refractivity contribution in [2.75, 3.05) is 12.1 Å². The topological polar surface area (TPSA) is 73.6 Å². The molecule has 0 aliphatic carbocycles. The van der Waals surface area contributed by atoms with Crippen LogP contribution in [0.3, 0.4) is 0 Å². The number of anilines is 1. The van der Waals surface area contributed by atoms with Crippen LogP contribution in [-0.2, 0) is 13.0 Å². The third-order valence-electron chi connectivity index (χ3n) is 3.60. The third-order valence-corrected chi connectivity index (χ3v) is 3.60. The molecule has 0 saturated heterocycles. The lowest BCUT2D eigenvalue weighted by Gasteiger charge is -2.09. The second-order valence-electron chi connectivity index (χ2n) is 5.04. The molecule has 1 aromatic carbocycles. The van der Waals surface area contributed by atoms with Crippen molar-refractivity contribution in [3.8, 4) is 11.5 Å². The fourth-order valence-corrected chi connectivity index (χ4v) is 2.43. The minimum absolute atomic E-state index is 0.288. The summed E-state index contributed by atoms with van der Waals surface area (Å²) in [5.41, 5.74) is 3.73. The van der Waals surface area contributed by atoms with E-state index in [1.807, 2.05) is 24.3 Å². The summed E-state index contributed by atoms with van der Waals surface area (Å²) in [5.74, 6) is 1.58. The van der Waals surface area contributed by atoms with Crippen LogP contribution in [0.2, 0.25) is 0 Å². The molecule has 0 saturated carbocycles. The van der Waals surface area contributed by atoms with Crippen LogP contribution in [0.5, 0.6) is 11.5 Å². The Morgan fingerprint density at radius 3 is 3.05 bits per heavy atom. The van der Waals surface area contributed by atoms with Crippen molar-refractivity contribution in [2.45, 2.75) is 19.9 Å². The molecule has 1 aliphatic heterocycles. The molecule has 1 aliphatic rings. The molecule has 7 heteroatoms. The van der Waals surface area contributed by atoms with E-state index in [0.29, 0.717) is 6.54 Å². The van der Waals surface area contributed by atoms with Gasteiger partial charge in [0, 0.05) is 6.54 Å². The number of hydrogen-bond donors (Lipinski definition) is 1. The van der Waals surface area contributed by atoms with Crippen LogP contribution >= 0.6 is 0 Å². The normalized spacial score (nSPS) is 12.8. The molecule has 7 nitrogen and oxygen atoms in total. The molecule has 0 atom stereocenters. The maximum Gasteiger partial charge on any atom is 0.231 e. The predicted octanol–water partition coefficient (Wildman–Crippen LogP) is 2.03. The van der Waals surface area contributed by atoms with E-state index in [9.17, 15) is 0 Å². The van der Waals surface area contributed by atoms with Crippen molar-refractivity contribution in [1.29, 1.82) is 0 Å². The van der Waals surface area contributed by atoms with Gasteiger partial charge in [0.2, 0.25) is 12.4 Å². The fourth-order valence-electron chi connectivity index (χ4n) is 2.43. The molecule has 0 fully saturated rings. The summed E-state index contributed by atoms with van der Waals surface area (Å²) in [4.78, 5) is 0. The van der Waals surface area contributed by atoms with Crippen molar-refractivity contribution in [2.24, 2.45) is 0 Å². The Balaban J connectivity index is 1.60. The zero-order valence-electron chi connectivity index (χ0n) is 12.1. The molecule has 22 heavy (non-hydrogen) atoms. The average molecular weight is 297 g/mol. The van der Waals surface area contributed by atoms with Gasteiger partial charge in [0.15, 0.2) is 11.5 Å². The number of aromatic nitrogens is 4. The minimum atomic E-state index is 0.288. The standard InChI is InChI=1S/C15H15N5O2/c1-2-11-6-12(15-18-17-8-20(15)19-11)16-7-10-3-4-13-14(5-10)22-9-21-13/h3-6,8,16H,2,7,9H2,1H3. The zero-order valence-corrected chi connectivity index (χ0v) is 12.1. The van der Waals surface area contributed by atoms with Gasteiger partial charge in [-0.3, -0.25) is 0 Å². The summed E-state index contributed by atoms with van der Waals surface area (Å²) in [6, 6.07) is 7.94. The van der Waals surface area contributed by atoms with Gasteiger partial charge in [0.1, 0.15) is 6.33 Å². The largest absolute Gasteiger partial charge is 0.454 e. The molecular weight excluding hydrogens is 282 g/mol. The lowest BCUT2D eigenvalue weighted by molar-refractivity contribution is 0.174. The third kappa shape index (κ3) is 2.20. The van der Waals surface area contributed by atoms with Gasteiger partial charge in [0.05, 0.1) is 11.4 Å². The van der Waals surface area contributed by atoms with Gasteiger partial charge in [0.25, 0.3) is 0 Å². The van der Waals surface area contributed by atoms with E-state index in [0.717, 1.165) is 40.5 Å². The monoisotopic (exact) mass is 297 g/mol.